The summed E-state index contributed by atoms with van der Waals surface area (Å²) in [7, 11) is 0. The minimum atomic E-state index is 0. The van der Waals surface area contributed by atoms with Crippen molar-refractivity contribution < 1.29 is 24.5 Å². The van der Waals surface area contributed by atoms with Crippen molar-refractivity contribution in [3.8, 4) is 22.5 Å². The zero-order valence-electron chi connectivity index (χ0n) is 20.3. The number of aromatic nitrogens is 2. The molecule has 0 spiro atoms. The number of pyridine rings is 2. The summed E-state index contributed by atoms with van der Waals surface area (Å²) < 4.78 is 7.46. The van der Waals surface area contributed by atoms with Crippen molar-refractivity contribution in [1.82, 2.24) is 9.97 Å². The molecule has 3 nitrogen and oxygen atoms in total. The van der Waals surface area contributed by atoms with Crippen LogP contribution in [0.25, 0.3) is 54.5 Å². The molecule has 0 aliphatic rings. The maximum Gasteiger partial charge on any atom is 0.121 e. The first-order chi connectivity index (χ1) is 17.7. The molecule has 0 atom stereocenters. The zero-order chi connectivity index (χ0) is 24.5. The Balaban J connectivity index is 0.000000172. The first-order valence-electron chi connectivity index (χ1n) is 11.7. The molecule has 4 heterocycles. The Morgan fingerprint density at radius 2 is 1.54 bits per heavy atom. The van der Waals surface area contributed by atoms with E-state index in [0.29, 0.717) is 0 Å². The minimum absolute atomic E-state index is 0. The Kier molecular flexibility index (Phi) is 7.29. The van der Waals surface area contributed by atoms with Gasteiger partial charge in [0.25, 0.3) is 0 Å². The zero-order valence-corrected chi connectivity index (χ0v) is 23.5. The van der Waals surface area contributed by atoms with Crippen LogP contribution in [0.2, 0.25) is 0 Å². The summed E-state index contributed by atoms with van der Waals surface area (Å²) in [6, 6.07) is 32.9. The predicted molar refractivity (Wildman–Crippen MR) is 149 cm³/mol. The van der Waals surface area contributed by atoms with Gasteiger partial charge in [-0.15, -0.1) is 65.4 Å². The number of hydrogen-bond acceptors (Lipinski definition) is 4. The number of nitrogens with zero attached hydrogens (tertiary/aromatic N) is 2. The van der Waals surface area contributed by atoms with Gasteiger partial charge >= 0.3 is 0 Å². The molecule has 0 saturated carbocycles. The molecule has 0 saturated heterocycles. The smallest absolute Gasteiger partial charge is 0.121 e. The van der Waals surface area contributed by atoms with Gasteiger partial charge in [0.05, 0.1) is 5.58 Å². The Morgan fingerprint density at radius 1 is 0.757 bits per heavy atom. The second-order valence-corrected chi connectivity index (χ2v) is 9.67. The third-order valence-corrected chi connectivity index (χ3v) is 6.95. The van der Waals surface area contributed by atoms with Gasteiger partial charge in [-0.05, 0) is 65.3 Å². The van der Waals surface area contributed by atoms with Crippen LogP contribution in [0.15, 0.2) is 101 Å². The first kappa shape index (κ1) is 25.0. The van der Waals surface area contributed by atoms with Crippen LogP contribution in [0, 0.1) is 26.0 Å². The molecule has 1 radical (unpaired) electrons. The van der Waals surface area contributed by atoms with E-state index in [2.05, 4.69) is 63.9 Å². The quantitative estimate of drug-likeness (QED) is 0.172. The molecule has 37 heavy (non-hydrogen) atoms. The summed E-state index contributed by atoms with van der Waals surface area (Å²) in [5.74, 6) is 0. The summed E-state index contributed by atoms with van der Waals surface area (Å²) in [5.41, 5.74) is 7.93. The van der Waals surface area contributed by atoms with Crippen molar-refractivity contribution >= 4 is 43.4 Å². The van der Waals surface area contributed by atoms with E-state index in [1.54, 1.807) is 11.3 Å². The van der Waals surface area contributed by atoms with Crippen LogP contribution in [-0.2, 0) is 20.1 Å². The Hall–Kier alpha value is -3.63. The summed E-state index contributed by atoms with van der Waals surface area (Å²) in [6.07, 6.45) is 3.75. The number of hydrogen-bond donors (Lipinski definition) is 0. The molecule has 0 aliphatic carbocycles. The monoisotopic (exact) mass is 675 g/mol. The van der Waals surface area contributed by atoms with Crippen LogP contribution >= 0.6 is 11.3 Å². The molecule has 7 aromatic rings. The molecule has 5 heteroatoms. The van der Waals surface area contributed by atoms with Crippen LogP contribution in [0.3, 0.4) is 0 Å². The Labute approximate surface area is 233 Å². The number of benzene rings is 3. The molecule has 0 aliphatic heterocycles. The average Bonchev–Trinajstić information content (AvgIpc) is 3.53. The summed E-state index contributed by atoms with van der Waals surface area (Å²) >= 11 is 1.75. The van der Waals surface area contributed by atoms with Crippen molar-refractivity contribution in [3.63, 3.8) is 0 Å². The number of furan rings is 1. The number of aryl methyl sites for hydroxylation is 2. The van der Waals surface area contributed by atoms with Gasteiger partial charge in [-0.2, -0.15) is 0 Å². The van der Waals surface area contributed by atoms with Crippen molar-refractivity contribution in [2.75, 3.05) is 0 Å². The molecule has 3 aromatic carbocycles. The number of rotatable bonds is 2. The second-order valence-electron chi connectivity index (χ2n) is 8.72. The van der Waals surface area contributed by atoms with Crippen LogP contribution in [0.4, 0.5) is 0 Å². The van der Waals surface area contributed by atoms with E-state index in [0.717, 1.165) is 50.0 Å². The molecule has 0 fully saturated rings. The van der Waals surface area contributed by atoms with E-state index in [-0.39, 0.29) is 20.1 Å². The van der Waals surface area contributed by atoms with E-state index in [9.17, 15) is 0 Å². The van der Waals surface area contributed by atoms with Gasteiger partial charge in [0.15, 0.2) is 0 Å². The van der Waals surface area contributed by atoms with E-state index in [1.165, 1.54) is 15.6 Å². The van der Waals surface area contributed by atoms with Crippen LogP contribution in [0.5, 0.6) is 0 Å². The van der Waals surface area contributed by atoms with E-state index >= 15 is 0 Å². The molecular weight excluding hydrogens is 653 g/mol. The largest absolute Gasteiger partial charge is 0.501 e. The van der Waals surface area contributed by atoms with E-state index in [1.807, 2.05) is 68.7 Å². The predicted octanol–water partition coefficient (Wildman–Crippen LogP) is 8.83. The van der Waals surface area contributed by atoms with Gasteiger partial charge in [-0.3, -0.25) is 0 Å². The minimum Gasteiger partial charge on any atom is -0.501 e. The second kappa shape index (κ2) is 10.8. The van der Waals surface area contributed by atoms with E-state index in [4.69, 9.17) is 4.42 Å². The summed E-state index contributed by atoms with van der Waals surface area (Å²) in [5, 5.41) is 5.60. The third-order valence-electron chi connectivity index (χ3n) is 6.07. The van der Waals surface area contributed by atoms with Crippen molar-refractivity contribution in [2.24, 2.45) is 0 Å². The van der Waals surface area contributed by atoms with Crippen LogP contribution in [-0.4, -0.2) is 9.97 Å². The van der Waals surface area contributed by atoms with Gasteiger partial charge in [0.2, 0.25) is 0 Å². The van der Waals surface area contributed by atoms with Gasteiger partial charge in [0.1, 0.15) is 5.58 Å². The van der Waals surface area contributed by atoms with Gasteiger partial charge in [0, 0.05) is 42.6 Å². The fourth-order valence-corrected chi connectivity index (χ4v) is 4.99. The fourth-order valence-electron chi connectivity index (χ4n) is 4.18. The van der Waals surface area contributed by atoms with Gasteiger partial charge in [-0.25, -0.2) is 0 Å². The topological polar surface area (TPSA) is 38.9 Å². The maximum atomic E-state index is 6.18. The molecule has 4 aromatic heterocycles. The normalized spacial score (nSPS) is 10.8. The molecule has 7 rings (SSSR count). The van der Waals surface area contributed by atoms with Crippen molar-refractivity contribution in [2.45, 2.75) is 13.8 Å². The Bertz CT molecular complexity index is 1790. The maximum absolute atomic E-state index is 6.18. The summed E-state index contributed by atoms with van der Waals surface area (Å²) in [6.45, 7) is 4.07. The number of thiophene rings is 1. The SMILES string of the molecule is Cc1ccc(-c2[c-]ccc3c2oc2cc4ccsc4cc23)nc1.Cc1ccc(-c2[c-]cccc2)nc1.[Ir]. The number of fused-ring (bicyclic) bond motifs is 4. The van der Waals surface area contributed by atoms with Gasteiger partial charge in [-0.1, -0.05) is 35.2 Å². The first-order valence-corrected chi connectivity index (χ1v) is 12.6. The standard InChI is InChI=1S/C20H12NOS.C12H10N.Ir/c1-12-5-6-17(21-11-12)15-4-2-3-14-16-10-19-13(7-8-23-19)9-18(16)22-20(14)15;1-10-7-8-12(13-9-10)11-5-3-2-4-6-11;/h2-3,5-11H,1H3;2-5,7-9H,1H3;/q2*-1;. The summed E-state index contributed by atoms with van der Waals surface area (Å²) in [4.78, 5) is 8.84. The molecule has 0 amide bonds. The Morgan fingerprint density at radius 3 is 2.24 bits per heavy atom. The van der Waals surface area contributed by atoms with Crippen molar-refractivity contribution in [1.29, 1.82) is 0 Å². The van der Waals surface area contributed by atoms with Crippen LogP contribution < -0.4 is 0 Å². The molecule has 0 N–H and O–H groups in total. The van der Waals surface area contributed by atoms with Crippen LogP contribution in [0.1, 0.15) is 11.1 Å². The van der Waals surface area contributed by atoms with Gasteiger partial charge < -0.3 is 14.4 Å². The average molecular weight is 675 g/mol. The third kappa shape index (κ3) is 5.12. The van der Waals surface area contributed by atoms with Crippen molar-refractivity contribution in [3.05, 3.63) is 120 Å². The molecular formula is C32H22IrN2OS-2. The fraction of sp³-hybridized carbons (Fsp3) is 0.0625. The molecule has 183 valence electrons. The van der Waals surface area contributed by atoms with E-state index < -0.39 is 0 Å². The molecule has 0 unspecified atom stereocenters. The molecule has 0 bridgehead atoms.